The zero-order valence-electron chi connectivity index (χ0n) is 24.6. The van der Waals surface area contributed by atoms with Crippen LogP contribution >= 0.6 is 11.8 Å². The Bertz CT molecular complexity index is 1260. The summed E-state index contributed by atoms with van der Waals surface area (Å²) in [5.74, 6) is 1.12. The fraction of sp³-hybridized carbons (Fsp3) is 0.500. The first kappa shape index (κ1) is 31.4. The molecule has 2 aromatic carbocycles. The molecule has 3 amide bonds. The molecule has 3 N–H and O–H groups in total. The van der Waals surface area contributed by atoms with E-state index in [0.29, 0.717) is 42.4 Å². The van der Waals surface area contributed by atoms with Gasteiger partial charge in [0.2, 0.25) is 5.91 Å². The van der Waals surface area contributed by atoms with Gasteiger partial charge >= 0.3 is 12.0 Å². The zero-order chi connectivity index (χ0) is 30.1. The Hall–Kier alpha value is -3.53. The van der Waals surface area contributed by atoms with Gasteiger partial charge in [0.1, 0.15) is 11.4 Å². The van der Waals surface area contributed by atoms with Crippen molar-refractivity contribution < 1.29 is 28.7 Å². The fourth-order valence-electron chi connectivity index (χ4n) is 5.11. The van der Waals surface area contributed by atoms with Gasteiger partial charge in [0.15, 0.2) is 12.4 Å². The third kappa shape index (κ3) is 9.51. The Morgan fingerprint density at radius 2 is 1.76 bits per heavy atom. The average molecular weight is 596 g/mol. The van der Waals surface area contributed by atoms with E-state index in [2.05, 4.69) is 16.0 Å². The highest BCUT2D eigenvalue weighted by atomic mass is 32.2. The third-order valence-electron chi connectivity index (χ3n) is 7.13. The van der Waals surface area contributed by atoms with Gasteiger partial charge in [0.05, 0.1) is 12.1 Å². The summed E-state index contributed by atoms with van der Waals surface area (Å²) in [7, 11) is 0. The van der Waals surface area contributed by atoms with Crippen molar-refractivity contribution in [3.05, 3.63) is 54.1 Å². The zero-order valence-corrected chi connectivity index (χ0v) is 25.4. The summed E-state index contributed by atoms with van der Waals surface area (Å²) in [6.07, 6.45) is 4.14. The largest absolute Gasteiger partial charge is 0.482 e. The van der Waals surface area contributed by atoms with Crippen LogP contribution in [0.1, 0.15) is 69.7 Å². The highest BCUT2D eigenvalue weighted by molar-refractivity contribution is 8.00. The van der Waals surface area contributed by atoms with Crippen LogP contribution < -0.4 is 20.7 Å². The van der Waals surface area contributed by atoms with Crippen LogP contribution in [-0.4, -0.2) is 65.5 Å². The average Bonchev–Trinajstić information content (AvgIpc) is 3.50. The number of amides is 3. The number of carbonyl (C=O) groups is 4. The standard InChI is InChI=1S/C32H41N3O6S/c1-32(2,3)41-29(38)19-40-24-15-13-21(14-16-24)22-8-6-9-23(18-22)26(36)10-7-17-33-28(37)12-5-4-11-27-30-25(20-42-27)34-31(39)35-30/h6,8-9,13-16,18,25,27,30H,4-5,7,10-12,17,19-20H2,1-3H3,(H,33,37)(H2,34,35,39)/t25-,27-,30-/m0/s1. The van der Waals surface area contributed by atoms with Crippen LogP contribution in [0.3, 0.4) is 0 Å². The van der Waals surface area contributed by atoms with Crippen molar-refractivity contribution in [2.75, 3.05) is 18.9 Å². The molecule has 0 radical (unpaired) electrons. The van der Waals surface area contributed by atoms with Gasteiger partial charge in [-0.25, -0.2) is 9.59 Å². The van der Waals surface area contributed by atoms with Crippen molar-refractivity contribution in [1.29, 1.82) is 0 Å². The molecule has 3 atom stereocenters. The molecule has 9 nitrogen and oxygen atoms in total. The number of unbranched alkanes of at least 4 members (excludes halogenated alkanes) is 1. The predicted octanol–water partition coefficient (Wildman–Crippen LogP) is 4.88. The molecule has 2 aliphatic rings. The van der Waals surface area contributed by atoms with E-state index in [1.807, 2.05) is 62.9 Å². The number of ether oxygens (including phenoxy) is 2. The van der Waals surface area contributed by atoms with E-state index in [-0.39, 0.29) is 36.4 Å². The quantitative estimate of drug-likeness (QED) is 0.123. The molecule has 42 heavy (non-hydrogen) atoms. The van der Waals surface area contributed by atoms with Crippen molar-refractivity contribution in [2.24, 2.45) is 0 Å². The van der Waals surface area contributed by atoms with Crippen molar-refractivity contribution in [3.63, 3.8) is 0 Å². The maximum absolute atomic E-state index is 12.8. The lowest BCUT2D eigenvalue weighted by atomic mass is 9.99. The topological polar surface area (TPSA) is 123 Å². The number of hydrogen-bond acceptors (Lipinski definition) is 7. The second-order valence-corrected chi connectivity index (χ2v) is 13.0. The molecule has 2 aromatic rings. The monoisotopic (exact) mass is 595 g/mol. The van der Waals surface area contributed by atoms with Crippen LogP contribution in [0, 0.1) is 0 Å². The molecular formula is C32H41N3O6S. The molecule has 0 bridgehead atoms. The molecule has 0 aromatic heterocycles. The Balaban J connectivity index is 1.12. The summed E-state index contributed by atoms with van der Waals surface area (Å²) in [5.41, 5.74) is 1.91. The number of esters is 1. The van der Waals surface area contributed by atoms with Crippen molar-refractivity contribution in [3.8, 4) is 16.9 Å². The van der Waals surface area contributed by atoms with E-state index >= 15 is 0 Å². The molecule has 2 fully saturated rings. The van der Waals surface area contributed by atoms with Gasteiger partial charge in [-0.1, -0.05) is 36.8 Å². The van der Waals surface area contributed by atoms with Gasteiger partial charge in [0, 0.05) is 36.0 Å². The Labute approximate surface area is 251 Å². The first-order chi connectivity index (χ1) is 20.1. The molecular weight excluding hydrogens is 554 g/mol. The Morgan fingerprint density at radius 3 is 2.52 bits per heavy atom. The van der Waals surface area contributed by atoms with E-state index in [1.165, 1.54) is 0 Å². The van der Waals surface area contributed by atoms with Crippen LogP contribution in [0.25, 0.3) is 11.1 Å². The molecule has 0 aliphatic carbocycles. The summed E-state index contributed by atoms with van der Waals surface area (Å²) >= 11 is 1.89. The molecule has 0 spiro atoms. The lowest BCUT2D eigenvalue weighted by Crippen LogP contribution is -2.36. The third-order valence-corrected chi connectivity index (χ3v) is 8.64. The maximum atomic E-state index is 12.8. The molecule has 2 saturated heterocycles. The lowest BCUT2D eigenvalue weighted by Gasteiger charge is -2.19. The van der Waals surface area contributed by atoms with E-state index in [0.717, 1.165) is 36.1 Å². The molecule has 4 rings (SSSR count). The minimum atomic E-state index is -0.559. The second kappa shape index (κ2) is 14.6. The molecule has 0 saturated carbocycles. The highest BCUT2D eigenvalue weighted by Gasteiger charge is 2.42. The van der Waals surface area contributed by atoms with Crippen LogP contribution in [-0.2, 0) is 14.3 Å². The van der Waals surface area contributed by atoms with E-state index in [1.54, 1.807) is 18.2 Å². The first-order valence-corrected chi connectivity index (χ1v) is 15.7. The summed E-state index contributed by atoms with van der Waals surface area (Å²) in [4.78, 5) is 48.4. The molecule has 10 heteroatoms. The van der Waals surface area contributed by atoms with E-state index in [4.69, 9.17) is 9.47 Å². The van der Waals surface area contributed by atoms with E-state index in [9.17, 15) is 19.2 Å². The van der Waals surface area contributed by atoms with Gasteiger partial charge in [-0.05, 0) is 69.4 Å². The van der Waals surface area contributed by atoms with Gasteiger partial charge in [-0.3, -0.25) is 9.59 Å². The number of carbonyl (C=O) groups excluding carboxylic acids is 4. The number of thioether (sulfide) groups is 1. The van der Waals surface area contributed by atoms with Crippen molar-refractivity contribution >= 4 is 35.5 Å². The van der Waals surface area contributed by atoms with Crippen LogP contribution in [0.5, 0.6) is 5.75 Å². The Kier molecular flexibility index (Phi) is 10.9. The van der Waals surface area contributed by atoms with Gasteiger partial charge in [0.25, 0.3) is 0 Å². The molecule has 2 heterocycles. The number of rotatable bonds is 14. The summed E-state index contributed by atoms with van der Waals surface area (Å²) in [5, 5.41) is 9.29. The lowest BCUT2D eigenvalue weighted by molar-refractivity contribution is -0.157. The van der Waals surface area contributed by atoms with Crippen LogP contribution in [0.15, 0.2) is 48.5 Å². The van der Waals surface area contributed by atoms with Crippen LogP contribution in [0.4, 0.5) is 4.79 Å². The van der Waals surface area contributed by atoms with Gasteiger partial charge in [-0.15, -0.1) is 0 Å². The molecule has 2 aliphatic heterocycles. The highest BCUT2D eigenvalue weighted by Crippen LogP contribution is 2.33. The number of Topliss-reactive ketones (excluding diaryl/α,β-unsaturated/α-hetero) is 1. The second-order valence-electron chi connectivity index (χ2n) is 11.7. The molecule has 0 unspecified atom stereocenters. The summed E-state index contributed by atoms with van der Waals surface area (Å²) in [6.45, 7) is 5.73. The normalized spacial score (nSPS) is 19.4. The predicted molar refractivity (Wildman–Crippen MR) is 164 cm³/mol. The summed E-state index contributed by atoms with van der Waals surface area (Å²) in [6, 6.07) is 15.2. The molecule has 226 valence electrons. The number of hydrogen-bond donors (Lipinski definition) is 3. The summed E-state index contributed by atoms with van der Waals surface area (Å²) < 4.78 is 10.8. The minimum Gasteiger partial charge on any atom is -0.482 e. The maximum Gasteiger partial charge on any atom is 0.344 e. The number of ketones is 1. The number of urea groups is 1. The van der Waals surface area contributed by atoms with E-state index < -0.39 is 11.6 Å². The van der Waals surface area contributed by atoms with Gasteiger partial charge in [-0.2, -0.15) is 11.8 Å². The van der Waals surface area contributed by atoms with Crippen LogP contribution in [0.2, 0.25) is 0 Å². The SMILES string of the molecule is CC(C)(C)OC(=O)COc1ccc(-c2cccc(C(=O)CCCNC(=O)CCCC[C@@H]3SC[C@@H]4NC(=O)N[C@@H]43)c2)cc1. The first-order valence-electron chi connectivity index (χ1n) is 14.6. The fourth-order valence-corrected chi connectivity index (χ4v) is 6.66. The minimum absolute atomic E-state index is 0.00996. The smallest absolute Gasteiger partial charge is 0.344 e. The number of nitrogens with one attached hydrogen (secondary N) is 3. The number of fused-ring (bicyclic) bond motifs is 1. The van der Waals surface area contributed by atoms with Gasteiger partial charge < -0.3 is 25.4 Å². The van der Waals surface area contributed by atoms with Crippen molar-refractivity contribution in [1.82, 2.24) is 16.0 Å². The number of benzene rings is 2. The Morgan fingerprint density at radius 1 is 0.976 bits per heavy atom. The van der Waals surface area contributed by atoms with Crippen molar-refractivity contribution in [2.45, 2.75) is 82.2 Å².